The predicted octanol–water partition coefficient (Wildman–Crippen LogP) is 5.99. The number of aryl methyl sites for hydroxylation is 1. The molecule has 0 heterocycles. The highest BCUT2D eigenvalue weighted by Gasteiger charge is 2.32. The fourth-order valence-electron chi connectivity index (χ4n) is 5.18. The molecule has 1 saturated carbocycles. The van der Waals surface area contributed by atoms with Crippen molar-refractivity contribution in [3.05, 3.63) is 94.5 Å². The highest BCUT2D eigenvalue weighted by Crippen LogP contribution is 2.28. The van der Waals surface area contributed by atoms with E-state index in [0.717, 1.165) is 42.4 Å². The fraction of sp³-hybridized carbons (Fsp3) is 0.375. The maximum Gasteiger partial charge on any atom is 0.243 e. The van der Waals surface area contributed by atoms with E-state index in [0.29, 0.717) is 35.9 Å². The lowest BCUT2D eigenvalue weighted by Gasteiger charge is -2.32. The zero-order valence-electron chi connectivity index (χ0n) is 22.7. The molecular formula is C32H37ClN2O4. The first-order chi connectivity index (χ1) is 19.0. The quantitative estimate of drug-likeness (QED) is 0.302. The van der Waals surface area contributed by atoms with Crippen molar-refractivity contribution >= 4 is 23.4 Å². The largest absolute Gasteiger partial charge is 0.493 e. The van der Waals surface area contributed by atoms with Gasteiger partial charge < -0.3 is 19.7 Å². The van der Waals surface area contributed by atoms with E-state index in [1.54, 1.807) is 19.1 Å². The third kappa shape index (κ3) is 7.99. The summed E-state index contributed by atoms with van der Waals surface area (Å²) < 4.78 is 10.8. The number of halogens is 1. The van der Waals surface area contributed by atoms with Gasteiger partial charge in [-0.2, -0.15) is 0 Å². The zero-order valence-corrected chi connectivity index (χ0v) is 23.5. The molecule has 3 aromatic rings. The van der Waals surface area contributed by atoms with Crippen LogP contribution in [0.5, 0.6) is 11.5 Å². The summed E-state index contributed by atoms with van der Waals surface area (Å²) in [5, 5.41) is 3.84. The molecule has 1 aliphatic carbocycles. The van der Waals surface area contributed by atoms with Gasteiger partial charge in [-0.05, 0) is 60.2 Å². The first-order valence-corrected chi connectivity index (χ1v) is 13.9. The maximum atomic E-state index is 13.9. The molecule has 0 radical (unpaired) electrons. The molecule has 3 aromatic carbocycles. The van der Waals surface area contributed by atoms with Gasteiger partial charge in [0.05, 0.1) is 14.2 Å². The molecule has 1 aliphatic rings. The summed E-state index contributed by atoms with van der Waals surface area (Å²) in [5.41, 5.74) is 2.85. The number of carbonyl (C=O) groups excluding carboxylic acids is 2. The van der Waals surface area contributed by atoms with E-state index in [1.807, 2.05) is 72.8 Å². The summed E-state index contributed by atoms with van der Waals surface area (Å²) >= 11 is 6.28. The minimum absolute atomic E-state index is 0.0905. The third-order valence-electron chi connectivity index (χ3n) is 7.29. The molecule has 7 heteroatoms. The summed E-state index contributed by atoms with van der Waals surface area (Å²) in [6.07, 6.45) is 5.37. The molecule has 1 fully saturated rings. The van der Waals surface area contributed by atoms with Crippen LogP contribution >= 0.6 is 11.6 Å². The molecule has 0 spiro atoms. The van der Waals surface area contributed by atoms with Crippen molar-refractivity contribution in [1.29, 1.82) is 0 Å². The SMILES string of the molecule is COc1ccc(CCC(=O)N(Cc2cccc(Cl)c2)C(Cc2ccccc2)C(=O)NC2CCCC2)cc1OC. The number of nitrogens with zero attached hydrogens (tertiary/aromatic N) is 1. The molecular weight excluding hydrogens is 512 g/mol. The second kappa shape index (κ2) is 14.0. The molecule has 1 atom stereocenters. The van der Waals surface area contributed by atoms with Crippen LogP contribution in [-0.4, -0.2) is 43.0 Å². The van der Waals surface area contributed by atoms with Crippen LogP contribution < -0.4 is 14.8 Å². The molecule has 206 valence electrons. The summed E-state index contributed by atoms with van der Waals surface area (Å²) in [4.78, 5) is 29.4. The van der Waals surface area contributed by atoms with Crippen molar-refractivity contribution in [3.8, 4) is 11.5 Å². The molecule has 1 unspecified atom stereocenters. The standard InChI is InChI=1S/C32H37ClN2O4/c1-38-29-17-15-24(21-30(29)39-2)16-18-31(36)35(22-25-11-8-12-26(33)19-25)28(20-23-9-4-3-5-10-23)32(37)34-27-13-6-7-14-27/h3-5,8-12,15,17,19,21,27-28H,6-7,13-14,16,18,20,22H2,1-2H3,(H,34,37). The Labute approximate surface area is 236 Å². The van der Waals surface area contributed by atoms with E-state index in [-0.39, 0.29) is 24.3 Å². The van der Waals surface area contributed by atoms with Crippen LogP contribution in [0.4, 0.5) is 0 Å². The predicted molar refractivity (Wildman–Crippen MR) is 154 cm³/mol. The lowest BCUT2D eigenvalue weighted by atomic mass is 10.0. The smallest absolute Gasteiger partial charge is 0.243 e. The van der Waals surface area contributed by atoms with Gasteiger partial charge in [0.15, 0.2) is 11.5 Å². The van der Waals surface area contributed by atoms with Gasteiger partial charge in [0.25, 0.3) is 0 Å². The first kappa shape index (κ1) is 28.5. The zero-order chi connectivity index (χ0) is 27.6. The normalized spacial score (nSPS) is 14.0. The van der Waals surface area contributed by atoms with Gasteiger partial charge in [0.1, 0.15) is 6.04 Å². The number of nitrogens with one attached hydrogen (secondary N) is 1. The maximum absolute atomic E-state index is 13.9. The molecule has 39 heavy (non-hydrogen) atoms. The highest BCUT2D eigenvalue weighted by atomic mass is 35.5. The van der Waals surface area contributed by atoms with E-state index in [4.69, 9.17) is 21.1 Å². The van der Waals surface area contributed by atoms with Crippen molar-refractivity contribution in [2.75, 3.05) is 14.2 Å². The Morgan fingerprint density at radius 2 is 1.62 bits per heavy atom. The number of rotatable bonds is 12. The van der Waals surface area contributed by atoms with Gasteiger partial charge in [-0.3, -0.25) is 9.59 Å². The van der Waals surface area contributed by atoms with Crippen LogP contribution in [0, 0.1) is 0 Å². The topological polar surface area (TPSA) is 67.9 Å². The van der Waals surface area contributed by atoms with Crippen LogP contribution in [0.15, 0.2) is 72.8 Å². The average molecular weight is 549 g/mol. The van der Waals surface area contributed by atoms with Crippen LogP contribution in [0.1, 0.15) is 48.8 Å². The molecule has 0 saturated heterocycles. The molecule has 0 aliphatic heterocycles. The molecule has 6 nitrogen and oxygen atoms in total. The van der Waals surface area contributed by atoms with Crippen molar-refractivity contribution in [1.82, 2.24) is 10.2 Å². The highest BCUT2D eigenvalue weighted by molar-refractivity contribution is 6.30. The van der Waals surface area contributed by atoms with Crippen LogP contribution in [0.25, 0.3) is 0 Å². The average Bonchev–Trinajstić information content (AvgIpc) is 3.47. The summed E-state index contributed by atoms with van der Waals surface area (Å²) in [7, 11) is 3.19. The summed E-state index contributed by atoms with van der Waals surface area (Å²) in [5.74, 6) is 1.07. The number of benzene rings is 3. The van der Waals surface area contributed by atoms with Gasteiger partial charge in [-0.25, -0.2) is 0 Å². The van der Waals surface area contributed by atoms with E-state index in [9.17, 15) is 9.59 Å². The van der Waals surface area contributed by atoms with Gasteiger partial charge in [-0.1, -0.05) is 73.0 Å². The van der Waals surface area contributed by atoms with Gasteiger partial charge >= 0.3 is 0 Å². The molecule has 0 aromatic heterocycles. The Kier molecular flexibility index (Phi) is 10.3. The number of carbonyl (C=O) groups is 2. The Morgan fingerprint density at radius 1 is 0.897 bits per heavy atom. The number of hydrogen-bond acceptors (Lipinski definition) is 4. The second-order valence-electron chi connectivity index (χ2n) is 10.0. The van der Waals surface area contributed by atoms with Gasteiger partial charge in [0.2, 0.25) is 11.8 Å². The fourth-order valence-corrected chi connectivity index (χ4v) is 5.40. The van der Waals surface area contributed by atoms with E-state index >= 15 is 0 Å². The van der Waals surface area contributed by atoms with Crippen LogP contribution in [0.3, 0.4) is 0 Å². The van der Waals surface area contributed by atoms with E-state index in [2.05, 4.69) is 5.32 Å². The van der Waals surface area contributed by atoms with Gasteiger partial charge in [-0.15, -0.1) is 0 Å². The number of amides is 2. The van der Waals surface area contributed by atoms with Crippen LogP contribution in [-0.2, 0) is 29.0 Å². The number of methoxy groups -OCH3 is 2. The van der Waals surface area contributed by atoms with Crippen molar-refractivity contribution < 1.29 is 19.1 Å². The number of ether oxygens (including phenoxy) is 2. The van der Waals surface area contributed by atoms with Crippen molar-refractivity contribution in [2.45, 2.75) is 63.6 Å². The van der Waals surface area contributed by atoms with Gasteiger partial charge in [0, 0.05) is 30.5 Å². The molecule has 1 N–H and O–H groups in total. The second-order valence-corrected chi connectivity index (χ2v) is 10.5. The minimum atomic E-state index is -0.648. The molecule has 4 rings (SSSR count). The van der Waals surface area contributed by atoms with Crippen LogP contribution in [0.2, 0.25) is 5.02 Å². The number of hydrogen-bond donors (Lipinski definition) is 1. The van der Waals surface area contributed by atoms with Crippen molar-refractivity contribution in [2.24, 2.45) is 0 Å². The lowest BCUT2D eigenvalue weighted by Crippen LogP contribution is -2.52. The molecule has 0 bridgehead atoms. The summed E-state index contributed by atoms with van der Waals surface area (Å²) in [6, 6.07) is 22.5. The Balaban J connectivity index is 1.61. The van der Waals surface area contributed by atoms with Crippen molar-refractivity contribution in [3.63, 3.8) is 0 Å². The Hall–Kier alpha value is -3.51. The Morgan fingerprint density at radius 3 is 2.31 bits per heavy atom. The Bertz CT molecular complexity index is 1240. The van der Waals surface area contributed by atoms with E-state index < -0.39 is 6.04 Å². The minimum Gasteiger partial charge on any atom is -0.493 e. The first-order valence-electron chi connectivity index (χ1n) is 13.6. The lowest BCUT2D eigenvalue weighted by molar-refractivity contribution is -0.141. The monoisotopic (exact) mass is 548 g/mol. The summed E-state index contributed by atoms with van der Waals surface area (Å²) in [6.45, 7) is 0.293. The molecule has 2 amide bonds. The third-order valence-corrected chi connectivity index (χ3v) is 7.53. The van der Waals surface area contributed by atoms with E-state index in [1.165, 1.54) is 0 Å².